The third-order valence-electron chi connectivity index (χ3n) is 6.60. The van der Waals surface area contributed by atoms with Gasteiger partial charge in [0.15, 0.2) is 0 Å². The second kappa shape index (κ2) is 9.75. The zero-order chi connectivity index (χ0) is 24.4. The van der Waals surface area contributed by atoms with Crippen LogP contribution in [0, 0.1) is 0 Å². The molecule has 5 rings (SSSR count). The van der Waals surface area contributed by atoms with Gasteiger partial charge < -0.3 is 23.0 Å². The van der Waals surface area contributed by atoms with Crippen molar-refractivity contribution < 1.29 is 22.5 Å². The van der Waals surface area contributed by atoms with Crippen molar-refractivity contribution in [3.63, 3.8) is 0 Å². The van der Waals surface area contributed by atoms with Crippen molar-refractivity contribution in [3.8, 4) is 11.1 Å². The van der Waals surface area contributed by atoms with Crippen molar-refractivity contribution in [3.05, 3.63) is 83.4 Å². The Labute approximate surface area is 202 Å². The molecule has 0 aromatic heterocycles. The summed E-state index contributed by atoms with van der Waals surface area (Å²) in [6.45, 7) is -1.61. The van der Waals surface area contributed by atoms with Crippen molar-refractivity contribution >= 4 is 24.2 Å². The number of nitrogens with one attached hydrogen (secondary N) is 2. The van der Waals surface area contributed by atoms with Gasteiger partial charge in [0.1, 0.15) is 6.61 Å². The van der Waals surface area contributed by atoms with E-state index in [-0.39, 0.29) is 18.2 Å². The van der Waals surface area contributed by atoms with Gasteiger partial charge in [0.25, 0.3) is 0 Å². The number of fused-ring (bicyclic) bond motifs is 3. The lowest BCUT2D eigenvalue weighted by Crippen LogP contribution is -2.43. The van der Waals surface area contributed by atoms with Crippen LogP contribution in [-0.2, 0) is 11.3 Å². The number of anilines is 1. The standard InChI is InChI=1S/C26H26BF3N3O2/c28-27(29,30)19-13-18(16-33-11-9-31-10-12-33)14-20(15-19)32-26(34)35-17-25-23-7-3-1-5-21(23)22-6-2-4-8-24(22)25/h1-8,13-15,25,31H,9-12,16-17H2,(H,32,34)/q-1. The molecule has 35 heavy (non-hydrogen) atoms. The number of rotatable bonds is 6. The summed E-state index contributed by atoms with van der Waals surface area (Å²) in [6.07, 6.45) is -0.771. The highest BCUT2D eigenvalue weighted by molar-refractivity contribution is 6.73. The highest BCUT2D eigenvalue weighted by Gasteiger charge is 2.30. The SMILES string of the molecule is O=C(Nc1cc(CN2CCNCC2)cc([B-](F)(F)F)c1)OCC1c2ccccc2-c2ccccc21. The molecular formula is C26H26BF3N3O2-. The maximum Gasteiger partial charge on any atom is 0.509 e. The van der Waals surface area contributed by atoms with Crippen LogP contribution in [0.4, 0.5) is 23.4 Å². The van der Waals surface area contributed by atoms with Crippen LogP contribution in [0.25, 0.3) is 11.1 Å². The molecular weight excluding hydrogens is 454 g/mol. The monoisotopic (exact) mass is 480 g/mol. The number of hydrogen-bond donors (Lipinski definition) is 2. The third-order valence-corrected chi connectivity index (χ3v) is 6.60. The van der Waals surface area contributed by atoms with Crippen LogP contribution in [0.1, 0.15) is 22.6 Å². The predicted molar refractivity (Wildman–Crippen MR) is 132 cm³/mol. The van der Waals surface area contributed by atoms with Gasteiger partial charge >= 0.3 is 13.1 Å². The number of halogens is 3. The van der Waals surface area contributed by atoms with E-state index in [2.05, 4.69) is 15.5 Å². The molecule has 2 N–H and O–H groups in total. The molecule has 0 spiro atoms. The van der Waals surface area contributed by atoms with Crippen molar-refractivity contribution in [2.45, 2.75) is 12.5 Å². The van der Waals surface area contributed by atoms with Crippen LogP contribution in [0.3, 0.4) is 0 Å². The maximum atomic E-state index is 13.6. The summed E-state index contributed by atoms with van der Waals surface area (Å²) in [4.78, 5) is 14.7. The van der Waals surface area contributed by atoms with E-state index >= 15 is 0 Å². The molecule has 182 valence electrons. The highest BCUT2D eigenvalue weighted by Crippen LogP contribution is 2.44. The van der Waals surface area contributed by atoms with E-state index in [1.165, 1.54) is 6.07 Å². The molecule has 3 aromatic carbocycles. The third kappa shape index (κ3) is 5.21. The molecule has 0 saturated carbocycles. The molecule has 0 radical (unpaired) electrons. The minimum Gasteiger partial charge on any atom is -0.448 e. The molecule has 1 saturated heterocycles. The Morgan fingerprint density at radius 2 is 1.60 bits per heavy atom. The van der Waals surface area contributed by atoms with Gasteiger partial charge in [0, 0.05) is 44.3 Å². The lowest BCUT2D eigenvalue weighted by Gasteiger charge is -2.28. The molecule has 5 nitrogen and oxygen atoms in total. The Hall–Kier alpha value is -3.30. The van der Waals surface area contributed by atoms with E-state index in [4.69, 9.17) is 4.74 Å². The second-order valence-corrected chi connectivity index (χ2v) is 9.01. The Balaban J connectivity index is 1.30. The maximum absolute atomic E-state index is 13.6. The van der Waals surface area contributed by atoms with Crippen LogP contribution >= 0.6 is 0 Å². The summed E-state index contributed by atoms with van der Waals surface area (Å²) in [5.74, 6) is -0.124. The largest absolute Gasteiger partial charge is 0.509 e. The highest BCUT2D eigenvalue weighted by atomic mass is 19.4. The van der Waals surface area contributed by atoms with E-state index in [1.54, 1.807) is 6.07 Å². The smallest absolute Gasteiger partial charge is 0.448 e. The lowest BCUT2D eigenvalue weighted by atomic mass is 9.79. The van der Waals surface area contributed by atoms with E-state index in [1.807, 2.05) is 48.5 Å². The van der Waals surface area contributed by atoms with E-state index in [9.17, 15) is 17.7 Å². The number of carbonyl (C=O) groups is 1. The van der Waals surface area contributed by atoms with Gasteiger partial charge in [0.05, 0.1) is 0 Å². The molecule has 1 heterocycles. The average Bonchev–Trinajstić information content (AvgIpc) is 3.16. The summed E-state index contributed by atoms with van der Waals surface area (Å²) in [7, 11) is 0. The van der Waals surface area contributed by atoms with Crippen molar-refractivity contribution in [1.82, 2.24) is 10.2 Å². The molecule has 0 bridgehead atoms. The van der Waals surface area contributed by atoms with Crippen LogP contribution in [-0.4, -0.2) is 50.8 Å². The Morgan fingerprint density at radius 1 is 0.971 bits per heavy atom. The molecule has 1 amide bonds. The topological polar surface area (TPSA) is 53.6 Å². The van der Waals surface area contributed by atoms with Gasteiger partial charge in [-0.2, -0.15) is 0 Å². The number of piperazine rings is 1. The molecule has 1 aliphatic carbocycles. The summed E-state index contributed by atoms with van der Waals surface area (Å²) in [5, 5.41) is 5.75. The first kappa shape index (κ1) is 23.4. The van der Waals surface area contributed by atoms with Crippen molar-refractivity contribution in [2.75, 3.05) is 38.1 Å². The molecule has 0 atom stereocenters. The van der Waals surface area contributed by atoms with Crippen molar-refractivity contribution in [1.29, 1.82) is 0 Å². The number of ether oxygens (including phenoxy) is 1. The van der Waals surface area contributed by atoms with Crippen molar-refractivity contribution in [2.24, 2.45) is 0 Å². The van der Waals surface area contributed by atoms with E-state index in [0.717, 1.165) is 54.5 Å². The molecule has 0 unspecified atom stereocenters. The van der Waals surface area contributed by atoms with E-state index < -0.39 is 18.5 Å². The summed E-state index contributed by atoms with van der Waals surface area (Å²) in [5.41, 5.74) is 4.22. The summed E-state index contributed by atoms with van der Waals surface area (Å²) >= 11 is 0. The summed E-state index contributed by atoms with van der Waals surface area (Å²) < 4.78 is 46.3. The fraction of sp³-hybridized carbons (Fsp3) is 0.269. The van der Waals surface area contributed by atoms with Gasteiger partial charge in [-0.3, -0.25) is 10.2 Å². The summed E-state index contributed by atoms with van der Waals surface area (Å²) in [6, 6.07) is 19.7. The van der Waals surface area contributed by atoms with Crippen LogP contribution in [0.2, 0.25) is 0 Å². The van der Waals surface area contributed by atoms with Crippen LogP contribution in [0.5, 0.6) is 0 Å². The Morgan fingerprint density at radius 3 is 2.23 bits per heavy atom. The van der Waals surface area contributed by atoms with Crippen LogP contribution in [0.15, 0.2) is 66.7 Å². The zero-order valence-corrected chi connectivity index (χ0v) is 19.1. The molecule has 9 heteroatoms. The number of amides is 1. The second-order valence-electron chi connectivity index (χ2n) is 9.01. The molecule has 2 aliphatic rings. The number of carbonyl (C=O) groups excluding carboxylic acids is 1. The number of nitrogens with zero attached hydrogens (tertiary/aromatic N) is 1. The normalized spacial score (nSPS) is 16.0. The number of hydrogen-bond acceptors (Lipinski definition) is 4. The quantitative estimate of drug-likeness (QED) is 0.510. The predicted octanol–water partition coefficient (Wildman–Crippen LogP) is 4.51. The molecule has 1 fully saturated rings. The van der Waals surface area contributed by atoms with Gasteiger partial charge in [-0.05, 0) is 33.9 Å². The fourth-order valence-corrected chi connectivity index (χ4v) is 4.95. The molecule has 3 aromatic rings. The fourth-order valence-electron chi connectivity index (χ4n) is 4.95. The first-order valence-electron chi connectivity index (χ1n) is 11.8. The van der Waals surface area contributed by atoms with Crippen LogP contribution < -0.4 is 16.1 Å². The number of benzene rings is 3. The average molecular weight is 480 g/mol. The van der Waals surface area contributed by atoms with Gasteiger partial charge in [0.2, 0.25) is 0 Å². The van der Waals surface area contributed by atoms with E-state index in [0.29, 0.717) is 12.1 Å². The molecule has 1 aliphatic heterocycles. The first-order chi connectivity index (χ1) is 16.9. The Bertz CT molecular complexity index is 1180. The lowest BCUT2D eigenvalue weighted by molar-refractivity contribution is 0.158. The van der Waals surface area contributed by atoms with Gasteiger partial charge in [-0.1, -0.05) is 60.7 Å². The first-order valence-corrected chi connectivity index (χ1v) is 11.8. The van der Waals surface area contributed by atoms with Gasteiger partial charge in [-0.25, -0.2) is 4.79 Å². The minimum absolute atomic E-state index is 0.0871. The zero-order valence-electron chi connectivity index (χ0n) is 19.1. The van der Waals surface area contributed by atoms with Gasteiger partial charge in [-0.15, -0.1) is 5.46 Å². The minimum atomic E-state index is -5.21. The Kier molecular flexibility index (Phi) is 6.53.